The Morgan fingerprint density at radius 1 is 1.33 bits per heavy atom. The van der Waals surface area contributed by atoms with E-state index in [0.717, 1.165) is 24.9 Å². The minimum atomic E-state index is -0.416. The molecule has 2 atom stereocenters. The molecule has 118 valence electrons. The van der Waals surface area contributed by atoms with E-state index in [0.29, 0.717) is 22.9 Å². The van der Waals surface area contributed by atoms with Gasteiger partial charge in [-0.15, -0.1) is 0 Å². The summed E-state index contributed by atoms with van der Waals surface area (Å²) in [6.07, 6.45) is 1.93. The molecule has 0 fully saturated rings. The van der Waals surface area contributed by atoms with Crippen molar-refractivity contribution in [3.63, 3.8) is 0 Å². The summed E-state index contributed by atoms with van der Waals surface area (Å²) in [4.78, 5) is 10.3. The van der Waals surface area contributed by atoms with Gasteiger partial charge >= 0.3 is 0 Å². The third-order valence-corrected chi connectivity index (χ3v) is 4.27. The Morgan fingerprint density at radius 3 is 2.48 bits per heavy atom. The molecule has 0 aliphatic carbocycles. The van der Waals surface area contributed by atoms with Gasteiger partial charge in [-0.2, -0.15) is 0 Å². The predicted molar refractivity (Wildman–Crippen MR) is 87.9 cm³/mol. The highest BCUT2D eigenvalue weighted by Crippen LogP contribution is 2.28. The highest BCUT2D eigenvalue weighted by molar-refractivity contribution is 6.31. The van der Waals surface area contributed by atoms with Crippen LogP contribution in [0.1, 0.15) is 39.7 Å². The largest absolute Gasteiger partial charge is 0.314 e. The molecule has 1 rings (SSSR count). The molecule has 0 heterocycles. The fourth-order valence-corrected chi connectivity index (χ4v) is 2.83. The first kappa shape index (κ1) is 17.9. The number of benzene rings is 1. The van der Waals surface area contributed by atoms with Crippen molar-refractivity contribution in [2.45, 2.75) is 46.6 Å². The number of nitro groups is 1. The smallest absolute Gasteiger partial charge is 0.270 e. The van der Waals surface area contributed by atoms with Crippen LogP contribution in [0, 0.1) is 22.0 Å². The van der Waals surface area contributed by atoms with E-state index in [1.54, 1.807) is 6.07 Å². The lowest BCUT2D eigenvalue weighted by molar-refractivity contribution is -0.384. The number of rotatable bonds is 8. The minimum absolute atomic E-state index is 0.0435. The van der Waals surface area contributed by atoms with Crippen LogP contribution in [-0.4, -0.2) is 17.5 Å². The maximum atomic E-state index is 10.8. The van der Waals surface area contributed by atoms with Crippen LogP contribution in [-0.2, 0) is 6.42 Å². The monoisotopic (exact) mass is 312 g/mol. The van der Waals surface area contributed by atoms with Gasteiger partial charge in [0.25, 0.3) is 5.69 Å². The van der Waals surface area contributed by atoms with E-state index in [4.69, 9.17) is 11.6 Å². The minimum Gasteiger partial charge on any atom is -0.314 e. The molecule has 21 heavy (non-hydrogen) atoms. The Morgan fingerprint density at radius 2 is 2.00 bits per heavy atom. The Balaban J connectivity index is 2.86. The zero-order valence-corrected chi connectivity index (χ0v) is 14.0. The molecule has 0 aliphatic heterocycles. The summed E-state index contributed by atoms with van der Waals surface area (Å²) in [5, 5.41) is 14.8. The third kappa shape index (κ3) is 5.29. The fourth-order valence-electron chi connectivity index (χ4n) is 2.58. The van der Waals surface area contributed by atoms with Crippen LogP contribution in [0.5, 0.6) is 0 Å². The average molecular weight is 313 g/mol. The Bertz CT molecular complexity index is 477. The lowest BCUT2D eigenvalue weighted by Gasteiger charge is -2.29. The lowest BCUT2D eigenvalue weighted by atomic mass is 9.84. The van der Waals surface area contributed by atoms with Crippen molar-refractivity contribution in [3.05, 3.63) is 38.9 Å². The van der Waals surface area contributed by atoms with Crippen molar-refractivity contribution >= 4 is 17.3 Å². The van der Waals surface area contributed by atoms with Crippen molar-refractivity contribution in [1.29, 1.82) is 0 Å². The summed E-state index contributed by atoms with van der Waals surface area (Å²) in [5.74, 6) is 0.950. The summed E-state index contributed by atoms with van der Waals surface area (Å²) in [6, 6.07) is 5.14. The SMILES string of the molecule is CCCNC(C)C(Cc1ccc([N+](=O)[O-])cc1Cl)C(C)C. The molecule has 0 saturated heterocycles. The van der Waals surface area contributed by atoms with Gasteiger partial charge in [-0.1, -0.05) is 38.4 Å². The van der Waals surface area contributed by atoms with E-state index in [-0.39, 0.29) is 5.69 Å². The van der Waals surface area contributed by atoms with E-state index in [1.807, 2.05) is 0 Å². The van der Waals surface area contributed by atoms with Gasteiger partial charge < -0.3 is 5.32 Å². The second-order valence-corrected chi connectivity index (χ2v) is 6.29. The van der Waals surface area contributed by atoms with Crippen LogP contribution < -0.4 is 5.32 Å². The van der Waals surface area contributed by atoms with E-state index in [1.165, 1.54) is 12.1 Å². The molecule has 4 nitrogen and oxygen atoms in total. The van der Waals surface area contributed by atoms with E-state index in [2.05, 4.69) is 33.0 Å². The molecule has 1 aromatic rings. The van der Waals surface area contributed by atoms with Crippen molar-refractivity contribution in [1.82, 2.24) is 5.32 Å². The molecular formula is C16H25ClN2O2. The van der Waals surface area contributed by atoms with Gasteiger partial charge in [0.05, 0.1) is 9.95 Å². The number of halogens is 1. The van der Waals surface area contributed by atoms with Gasteiger partial charge in [-0.3, -0.25) is 10.1 Å². The van der Waals surface area contributed by atoms with Gasteiger partial charge in [0.15, 0.2) is 0 Å². The summed E-state index contributed by atoms with van der Waals surface area (Å²) in [7, 11) is 0. The molecule has 0 aromatic heterocycles. The number of nitro benzene ring substituents is 1. The number of hydrogen-bond acceptors (Lipinski definition) is 3. The first-order valence-corrected chi connectivity index (χ1v) is 7.90. The van der Waals surface area contributed by atoms with Gasteiger partial charge in [-0.25, -0.2) is 0 Å². The number of hydrogen-bond donors (Lipinski definition) is 1. The van der Waals surface area contributed by atoms with E-state index < -0.39 is 4.92 Å². The molecule has 0 radical (unpaired) electrons. The summed E-state index contributed by atoms with van der Waals surface area (Å²) < 4.78 is 0. The summed E-state index contributed by atoms with van der Waals surface area (Å²) in [6.45, 7) is 9.75. The van der Waals surface area contributed by atoms with Gasteiger partial charge in [-0.05, 0) is 43.7 Å². The first-order valence-electron chi connectivity index (χ1n) is 7.53. The Kier molecular flexibility index (Phi) is 7.12. The molecule has 0 spiro atoms. The topological polar surface area (TPSA) is 55.2 Å². The molecule has 1 aromatic carbocycles. The number of non-ortho nitro benzene ring substituents is 1. The lowest BCUT2D eigenvalue weighted by Crippen LogP contribution is -2.37. The van der Waals surface area contributed by atoms with Gasteiger partial charge in [0, 0.05) is 18.2 Å². The van der Waals surface area contributed by atoms with Crippen LogP contribution in [0.4, 0.5) is 5.69 Å². The van der Waals surface area contributed by atoms with Crippen LogP contribution in [0.15, 0.2) is 18.2 Å². The molecule has 1 N–H and O–H groups in total. The number of nitrogens with zero attached hydrogens (tertiary/aromatic N) is 1. The highest BCUT2D eigenvalue weighted by atomic mass is 35.5. The van der Waals surface area contributed by atoms with E-state index >= 15 is 0 Å². The van der Waals surface area contributed by atoms with Gasteiger partial charge in [0.1, 0.15) is 0 Å². The number of nitrogens with one attached hydrogen (secondary N) is 1. The maximum absolute atomic E-state index is 10.8. The zero-order valence-electron chi connectivity index (χ0n) is 13.2. The Hall–Kier alpha value is -1.13. The zero-order chi connectivity index (χ0) is 16.0. The van der Waals surface area contributed by atoms with Crippen LogP contribution in [0.2, 0.25) is 5.02 Å². The average Bonchev–Trinajstić information content (AvgIpc) is 2.42. The molecule has 0 bridgehead atoms. The third-order valence-electron chi connectivity index (χ3n) is 3.92. The molecular weight excluding hydrogens is 288 g/mol. The van der Waals surface area contributed by atoms with Crippen LogP contribution >= 0.6 is 11.6 Å². The molecule has 0 amide bonds. The van der Waals surface area contributed by atoms with Crippen molar-refractivity contribution in [2.75, 3.05) is 6.54 Å². The second-order valence-electron chi connectivity index (χ2n) is 5.89. The molecule has 2 unspecified atom stereocenters. The quantitative estimate of drug-likeness (QED) is 0.570. The van der Waals surface area contributed by atoms with Crippen LogP contribution in [0.25, 0.3) is 0 Å². The second kappa shape index (κ2) is 8.35. The predicted octanol–water partition coefficient (Wildman–Crippen LogP) is 4.45. The maximum Gasteiger partial charge on any atom is 0.270 e. The first-order chi connectivity index (χ1) is 9.86. The van der Waals surface area contributed by atoms with Crippen molar-refractivity contribution in [3.8, 4) is 0 Å². The molecule has 0 saturated carbocycles. The summed E-state index contributed by atoms with van der Waals surface area (Å²) >= 11 is 6.21. The highest BCUT2D eigenvalue weighted by Gasteiger charge is 2.22. The van der Waals surface area contributed by atoms with E-state index in [9.17, 15) is 10.1 Å². The normalized spacial score (nSPS) is 14.2. The van der Waals surface area contributed by atoms with Crippen LogP contribution in [0.3, 0.4) is 0 Å². The van der Waals surface area contributed by atoms with Crippen molar-refractivity contribution < 1.29 is 4.92 Å². The fraction of sp³-hybridized carbons (Fsp3) is 0.625. The summed E-state index contributed by atoms with van der Waals surface area (Å²) in [5.41, 5.74) is 1.02. The Labute approximate surface area is 132 Å². The molecule has 5 heteroatoms. The van der Waals surface area contributed by atoms with Gasteiger partial charge in [0.2, 0.25) is 0 Å². The standard InChI is InChI=1S/C16H25ClN2O2/c1-5-8-18-12(4)15(11(2)3)9-13-6-7-14(19(20)21)10-16(13)17/h6-7,10-12,15,18H,5,8-9H2,1-4H3. The van der Waals surface area contributed by atoms with Crippen molar-refractivity contribution in [2.24, 2.45) is 11.8 Å². The molecule has 0 aliphatic rings.